The van der Waals surface area contributed by atoms with Gasteiger partial charge >= 0.3 is 0 Å². The first-order chi connectivity index (χ1) is 11.4. The van der Waals surface area contributed by atoms with Gasteiger partial charge in [0.25, 0.3) is 0 Å². The van der Waals surface area contributed by atoms with Gasteiger partial charge in [-0.05, 0) is 42.5 Å². The van der Waals surface area contributed by atoms with Crippen LogP contribution in [0.25, 0.3) is 11.3 Å². The number of aromatic nitrogens is 1. The second-order valence-corrected chi connectivity index (χ2v) is 5.15. The minimum atomic E-state index is 0.267. The number of hydrogen-bond acceptors (Lipinski definition) is 5. The summed E-state index contributed by atoms with van der Waals surface area (Å²) in [5.74, 6) is 3.06. The van der Waals surface area contributed by atoms with Crippen molar-refractivity contribution < 1.29 is 18.6 Å². The molecule has 0 amide bonds. The van der Waals surface area contributed by atoms with Crippen molar-refractivity contribution in [2.45, 2.75) is 13.2 Å². The van der Waals surface area contributed by atoms with E-state index in [0.717, 1.165) is 34.3 Å². The third kappa shape index (κ3) is 3.05. The average Bonchev–Trinajstić information content (AvgIpc) is 3.24. The predicted octanol–water partition coefficient (Wildman–Crippen LogP) is 3.79. The van der Waals surface area contributed by atoms with E-state index in [9.17, 15) is 0 Å². The summed E-state index contributed by atoms with van der Waals surface area (Å²) in [6.45, 7) is 1.13. The average molecular weight is 309 g/mol. The maximum atomic E-state index is 5.83. The highest BCUT2D eigenvalue weighted by Crippen LogP contribution is 2.36. The van der Waals surface area contributed by atoms with Gasteiger partial charge in [-0.2, -0.15) is 0 Å². The second-order valence-electron chi connectivity index (χ2n) is 5.15. The lowest BCUT2D eigenvalue weighted by Crippen LogP contribution is -1.94. The molecule has 23 heavy (non-hydrogen) atoms. The number of rotatable bonds is 5. The Hall–Kier alpha value is -2.79. The summed E-state index contributed by atoms with van der Waals surface area (Å²) in [6.07, 6.45) is 1.75. The molecule has 2 aromatic heterocycles. The summed E-state index contributed by atoms with van der Waals surface area (Å²) in [7, 11) is 0. The molecular weight excluding hydrogens is 294 g/mol. The molecule has 0 unspecified atom stereocenters. The van der Waals surface area contributed by atoms with E-state index < -0.39 is 0 Å². The van der Waals surface area contributed by atoms with Crippen molar-refractivity contribution in [3.8, 4) is 22.8 Å². The lowest BCUT2D eigenvalue weighted by atomic mass is 10.1. The van der Waals surface area contributed by atoms with Gasteiger partial charge in [0.2, 0.25) is 6.79 Å². The van der Waals surface area contributed by atoms with Gasteiger partial charge in [-0.3, -0.25) is 4.98 Å². The van der Waals surface area contributed by atoms with E-state index in [0.29, 0.717) is 13.2 Å². The number of fused-ring (bicyclic) bond motifs is 1. The summed E-state index contributed by atoms with van der Waals surface area (Å²) in [5, 5.41) is 0. The molecule has 3 heterocycles. The van der Waals surface area contributed by atoms with E-state index >= 15 is 0 Å². The second kappa shape index (κ2) is 6.14. The smallest absolute Gasteiger partial charge is 0.231 e. The summed E-state index contributed by atoms with van der Waals surface area (Å²) in [6, 6.07) is 15.3. The Bertz CT molecular complexity index is 798. The molecule has 5 nitrogen and oxygen atoms in total. The lowest BCUT2D eigenvalue weighted by Gasteiger charge is -2.02. The number of benzene rings is 1. The molecule has 5 heteroatoms. The molecule has 0 N–H and O–H groups in total. The first-order valence-electron chi connectivity index (χ1n) is 7.35. The fourth-order valence-corrected chi connectivity index (χ4v) is 2.40. The molecule has 1 aliphatic heterocycles. The zero-order valence-electron chi connectivity index (χ0n) is 12.4. The summed E-state index contributed by atoms with van der Waals surface area (Å²) in [4.78, 5) is 4.21. The minimum Gasteiger partial charge on any atom is -0.459 e. The third-order valence-electron chi connectivity index (χ3n) is 3.54. The summed E-state index contributed by atoms with van der Waals surface area (Å²) >= 11 is 0. The third-order valence-corrected chi connectivity index (χ3v) is 3.54. The molecule has 0 atom stereocenters. The van der Waals surface area contributed by atoms with Crippen molar-refractivity contribution in [3.05, 3.63) is 66.2 Å². The number of furan rings is 1. The fourth-order valence-electron chi connectivity index (χ4n) is 2.40. The summed E-state index contributed by atoms with van der Waals surface area (Å²) in [5.41, 5.74) is 1.85. The number of hydrogen-bond donors (Lipinski definition) is 0. The molecule has 0 saturated carbocycles. The van der Waals surface area contributed by atoms with Crippen LogP contribution in [-0.2, 0) is 18.0 Å². The molecule has 0 spiro atoms. The number of nitrogens with zero attached hydrogens (tertiary/aromatic N) is 1. The molecule has 116 valence electrons. The SMILES string of the molecule is c1ccc(COCc2ccc(-c3ccc4c(c3)OCO4)o2)nc1. The van der Waals surface area contributed by atoms with E-state index in [-0.39, 0.29) is 6.79 Å². The Kier molecular flexibility index (Phi) is 3.70. The lowest BCUT2D eigenvalue weighted by molar-refractivity contribution is 0.0911. The van der Waals surface area contributed by atoms with Crippen LogP contribution in [0.5, 0.6) is 11.5 Å². The molecule has 0 bridgehead atoms. The predicted molar refractivity (Wildman–Crippen MR) is 83.0 cm³/mol. The Morgan fingerprint density at radius 1 is 0.957 bits per heavy atom. The van der Waals surface area contributed by atoms with Crippen LogP contribution in [0.2, 0.25) is 0 Å². The van der Waals surface area contributed by atoms with Gasteiger partial charge in [0.1, 0.15) is 18.1 Å². The van der Waals surface area contributed by atoms with E-state index in [4.69, 9.17) is 18.6 Å². The van der Waals surface area contributed by atoms with Gasteiger partial charge in [0, 0.05) is 11.8 Å². The van der Waals surface area contributed by atoms with Crippen LogP contribution in [0, 0.1) is 0 Å². The van der Waals surface area contributed by atoms with Gasteiger partial charge in [0.05, 0.1) is 12.3 Å². The zero-order chi connectivity index (χ0) is 15.5. The van der Waals surface area contributed by atoms with Gasteiger partial charge < -0.3 is 18.6 Å². The number of ether oxygens (including phenoxy) is 3. The van der Waals surface area contributed by atoms with Crippen LogP contribution in [-0.4, -0.2) is 11.8 Å². The van der Waals surface area contributed by atoms with Gasteiger partial charge in [-0.25, -0.2) is 0 Å². The highest BCUT2D eigenvalue weighted by Gasteiger charge is 2.15. The molecule has 3 aromatic rings. The maximum absolute atomic E-state index is 5.83. The quantitative estimate of drug-likeness (QED) is 0.718. The van der Waals surface area contributed by atoms with E-state index in [1.165, 1.54) is 0 Å². The van der Waals surface area contributed by atoms with Crippen molar-refractivity contribution in [3.63, 3.8) is 0 Å². The van der Waals surface area contributed by atoms with Crippen molar-refractivity contribution in [1.82, 2.24) is 4.98 Å². The Labute approximate surface area is 133 Å². The molecule has 0 radical (unpaired) electrons. The van der Waals surface area contributed by atoms with Crippen LogP contribution >= 0.6 is 0 Å². The maximum Gasteiger partial charge on any atom is 0.231 e. The number of pyridine rings is 1. The largest absolute Gasteiger partial charge is 0.459 e. The Balaban J connectivity index is 1.41. The first-order valence-corrected chi connectivity index (χ1v) is 7.35. The van der Waals surface area contributed by atoms with Crippen molar-refractivity contribution in [2.75, 3.05) is 6.79 Å². The molecular formula is C18H15NO4. The van der Waals surface area contributed by atoms with E-state index in [2.05, 4.69) is 4.98 Å². The van der Waals surface area contributed by atoms with Crippen LogP contribution in [0.4, 0.5) is 0 Å². The molecule has 1 aliphatic rings. The van der Waals surface area contributed by atoms with Crippen LogP contribution in [0.1, 0.15) is 11.5 Å². The highest BCUT2D eigenvalue weighted by atomic mass is 16.7. The van der Waals surface area contributed by atoms with Crippen molar-refractivity contribution in [2.24, 2.45) is 0 Å². The normalized spacial score (nSPS) is 12.5. The van der Waals surface area contributed by atoms with Gasteiger partial charge in [-0.15, -0.1) is 0 Å². The summed E-state index contributed by atoms with van der Waals surface area (Å²) < 4.78 is 22.2. The van der Waals surface area contributed by atoms with Crippen molar-refractivity contribution in [1.29, 1.82) is 0 Å². The van der Waals surface area contributed by atoms with E-state index in [1.807, 2.05) is 48.5 Å². The minimum absolute atomic E-state index is 0.267. The Morgan fingerprint density at radius 3 is 2.83 bits per heavy atom. The Morgan fingerprint density at radius 2 is 1.91 bits per heavy atom. The fraction of sp³-hybridized carbons (Fsp3) is 0.167. The van der Waals surface area contributed by atoms with Gasteiger partial charge in [-0.1, -0.05) is 6.07 Å². The monoisotopic (exact) mass is 309 g/mol. The zero-order valence-corrected chi connectivity index (χ0v) is 12.4. The van der Waals surface area contributed by atoms with Gasteiger partial charge in [0.15, 0.2) is 11.5 Å². The molecule has 4 rings (SSSR count). The molecule has 1 aromatic carbocycles. The highest BCUT2D eigenvalue weighted by molar-refractivity contribution is 5.63. The molecule has 0 fully saturated rings. The standard InChI is InChI=1S/C18H15NO4/c1-2-8-19-14(3-1)10-20-11-15-5-7-16(23-15)13-4-6-17-18(9-13)22-12-21-17/h1-9H,10-12H2. The van der Waals surface area contributed by atoms with E-state index in [1.54, 1.807) is 6.20 Å². The van der Waals surface area contributed by atoms with Crippen LogP contribution in [0.3, 0.4) is 0 Å². The first kappa shape index (κ1) is 13.8. The topological polar surface area (TPSA) is 53.7 Å². The molecule has 0 aliphatic carbocycles. The molecule has 0 saturated heterocycles. The van der Waals surface area contributed by atoms with Crippen LogP contribution < -0.4 is 9.47 Å². The van der Waals surface area contributed by atoms with Crippen molar-refractivity contribution >= 4 is 0 Å². The van der Waals surface area contributed by atoms with Crippen LogP contribution in [0.15, 0.2) is 59.1 Å².